The third-order valence-electron chi connectivity index (χ3n) is 3.62. The van der Waals surface area contributed by atoms with Crippen molar-refractivity contribution in [1.82, 2.24) is 10.2 Å². The number of amides is 3. The van der Waals surface area contributed by atoms with Gasteiger partial charge < -0.3 is 14.8 Å². The highest BCUT2D eigenvalue weighted by Crippen LogP contribution is 2.33. The maximum Gasteiger partial charge on any atom is 0.293 e. The number of imide groups is 1. The molecule has 1 aromatic carbocycles. The Labute approximate surface area is 169 Å². The van der Waals surface area contributed by atoms with Gasteiger partial charge in [0.2, 0.25) is 5.76 Å². The lowest BCUT2D eigenvalue weighted by Gasteiger charge is -2.16. The van der Waals surface area contributed by atoms with Crippen molar-refractivity contribution in [2.75, 3.05) is 26.3 Å². The SMILES string of the molecule is O=C(NCCN1C(=O)S/C(=C/c2ccc(Cl)cc2Cl)C1=O)C1=COCCO1. The van der Waals surface area contributed by atoms with Gasteiger partial charge in [-0.15, -0.1) is 0 Å². The zero-order valence-electron chi connectivity index (χ0n) is 13.9. The fourth-order valence-corrected chi connectivity index (χ4v) is 3.63. The molecule has 1 N–H and O–H groups in total. The standard InChI is InChI=1S/C17H14Cl2N2O5S/c18-11-2-1-10(12(19)8-11)7-14-16(23)21(17(24)27-14)4-3-20-15(22)13-9-25-5-6-26-13/h1-2,7-9H,3-6H2,(H,20,22)/b14-7+. The quantitative estimate of drug-likeness (QED) is 0.725. The van der Waals surface area contributed by atoms with Gasteiger partial charge in [0.1, 0.15) is 19.5 Å². The van der Waals surface area contributed by atoms with Crippen molar-refractivity contribution in [2.45, 2.75) is 0 Å². The van der Waals surface area contributed by atoms with Gasteiger partial charge in [0, 0.05) is 23.1 Å². The average Bonchev–Trinajstić information content (AvgIpc) is 2.92. The Morgan fingerprint density at radius 1 is 1.30 bits per heavy atom. The summed E-state index contributed by atoms with van der Waals surface area (Å²) in [7, 11) is 0. The van der Waals surface area contributed by atoms with Gasteiger partial charge in [-0.3, -0.25) is 19.3 Å². The van der Waals surface area contributed by atoms with Crippen LogP contribution in [-0.4, -0.2) is 48.3 Å². The maximum atomic E-state index is 12.5. The van der Waals surface area contributed by atoms with E-state index in [1.54, 1.807) is 24.3 Å². The van der Waals surface area contributed by atoms with Gasteiger partial charge in [-0.2, -0.15) is 0 Å². The number of thioether (sulfide) groups is 1. The van der Waals surface area contributed by atoms with Crippen molar-refractivity contribution in [3.05, 3.63) is 50.7 Å². The molecule has 1 saturated heterocycles. The van der Waals surface area contributed by atoms with Crippen molar-refractivity contribution >= 4 is 58.1 Å². The Kier molecular flexibility index (Phi) is 6.30. The van der Waals surface area contributed by atoms with Gasteiger partial charge in [-0.05, 0) is 35.5 Å². The van der Waals surface area contributed by atoms with Crippen LogP contribution in [-0.2, 0) is 19.1 Å². The molecule has 27 heavy (non-hydrogen) atoms. The maximum absolute atomic E-state index is 12.5. The monoisotopic (exact) mass is 428 g/mol. The Morgan fingerprint density at radius 2 is 2.11 bits per heavy atom. The van der Waals surface area contributed by atoms with Gasteiger partial charge in [0.05, 0.1) is 4.91 Å². The number of halogens is 2. The molecule has 0 saturated carbocycles. The molecule has 0 atom stereocenters. The molecule has 2 aliphatic heterocycles. The summed E-state index contributed by atoms with van der Waals surface area (Å²) in [5.74, 6) is -0.848. The van der Waals surface area contributed by atoms with Crippen LogP contribution < -0.4 is 5.32 Å². The van der Waals surface area contributed by atoms with Crippen molar-refractivity contribution in [3.63, 3.8) is 0 Å². The van der Waals surface area contributed by atoms with Crippen LogP contribution in [0.5, 0.6) is 0 Å². The smallest absolute Gasteiger partial charge is 0.293 e. The van der Waals surface area contributed by atoms with Crippen LogP contribution in [0.2, 0.25) is 10.0 Å². The van der Waals surface area contributed by atoms with E-state index >= 15 is 0 Å². The second-order valence-electron chi connectivity index (χ2n) is 5.46. The lowest BCUT2D eigenvalue weighted by atomic mass is 10.2. The molecule has 2 heterocycles. The second-order valence-corrected chi connectivity index (χ2v) is 7.29. The Hall–Kier alpha value is -2.16. The van der Waals surface area contributed by atoms with Gasteiger partial charge in [-0.25, -0.2) is 0 Å². The molecule has 0 aliphatic carbocycles. The summed E-state index contributed by atoms with van der Waals surface area (Å²) >= 11 is 12.8. The van der Waals surface area contributed by atoms with Gasteiger partial charge >= 0.3 is 0 Å². The molecule has 1 fully saturated rings. The number of ether oxygens (including phenoxy) is 2. The van der Waals surface area contributed by atoms with Crippen molar-refractivity contribution in [2.24, 2.45) is 0 Å². The number of hydrogen-bond donors (Lipinski definition) is 1. The number of rotatable bonds is 5. The van der Waals surface area contributed by atoms with Crippen LogP contribution in [0.1, 0.15) is 5.56 Å². The van der Waals surface area contributed by atoms with Crippen molar-refractivity contribution in [3.8, 4) is 0 Å². The van der Waals surface area contributed by atoms with E-state index in [1.165, 1.54) is 6.26 Å². The average molecular weight is 429 g/mol. The zero-order chi connectivity index (χ0) is 19.4. The minimum Gasteiger partial charge on any atom is -0.494 e. The Bertz CT molecular complexity index is 856. The molecule has 0 unspecified atom stereocenters. The summed E-state index contributed by atoms with van der Waals surface area (Å²) in [4.78, 5) is 37.8. The van der Waals surface area contributed by atoms with Crippen LogP contribution in [0.3, 0.4) is 0 Å². The summed E-state index contributed by atoms with van der Waals surface area (Å²) in [6, 6.07) is 4.87. The number of nitrogens with zero attached hydrogens (tertiary/aromatic N) is 1. The van der Waals surface area contributed by atoms with Crippen molar-refractivity contribution in [1.29, 1.82) is 0 Å². The van der Waals surface area contributed by atoms with Crippen LogP contribution in [0.25, 0.3) is 6.08 Å². The predicted octanol–water partition coefficient (Wildman–Crippen LogP) is 3.03. The van der Waals surface area contributed by atoms with Crippen LogP contribution in [0, 0.1) is 0 Å². The summed E-state index contributed by atoms with van der Waals surface area (Å²) in [5, 5.41) is 3.02. The fraction of sp³-hybridized carbons (Fsp3) is 0.235. The molecule has 142 valence electrons. The van der Waals surface area contributed by atoms with Crippen LogP contribution in [0.15, 0.2) is 35.1 Å². The van der Waals surface area contributed by atoms with Gasteiger partial charge in [0.25, 0.3) is 17.1 Å². The number of carbonyl (C=O) groups excluding carboxylic acids is 3. The topological polar surface area (TPSA) is 84.9 Å². The number of benzene rings is 1. The molecule has 10 heteroatoms. The molecule has 1 aromatic rings. The molecular formula is C17H14Cl2N2O5S. The minimum atomic E-state index is -0.467. The highest BCUT2D eigenvalue weighted by molar-refractivity contribution is 8.18. The second kappa shape index (κ2) is 8.69. The lowest BCUT2D eigenvalue weighted by molar-refractivity contribution is -0.124. The number of nitrogens with one attached hydrogen (secondary N) is 1. The number of hydrogen-bond acceptors (Lipinski definition) is 6. The van der Waals surface area contributed by atoms with E-state index in [2.05, 4.69) is 5.32 Å². The molecule has 0 radical (unpaired) electrons. The highest BCUT2D eigenvalue weighted by atomic mass is 35.5. The summed E-state index contributed by atoms with van der Waals surface area (Å²) < 4.78 is 10.2. The van der Waals surface area contributed by atoms with E-state index in [4.69, 9.17) is 32.7 Å². The van der Waals surface area contributed by atoms with E-state index in [0.717, 1.165) is 16.7 Å². The lowest BCUT2D eigenvalue weighted by Crippen LogP contribution is -2.38. The zero-order valence-corrected chi connectivity index (χ0v) is 16.2. The Morgan fingerprint density at radius 3 is 2.81 bits per heavy atom. The van der Waals surface area contributed by atoms with Gasteiger partial charge in [0.15, 0.2) is 0 Å². The van der Waals surface area contributed by atoms with E-state index in [0.29, 0.717) is 28.8 Å². The molecule has 3 rings (SSSR count). The van der Waals surface area contributed by atoms with E-state index in [9.17, 15) is 14.4 Å². The molecular weight excluding hydrogens is 415 g/mol. The van der Waals surface area contributed by atoms with Crippen molar-refractivity contribution < 1.29 is 23.9 Å². The molecule has 0 aromatic heterocycles. The fourth-order valence-electron chi connectivity index (χ4n) is 2.31. The summed E-state index contributed by atoms with van der Waals surface area (Å²) in [6.45, 7) is 0.806. The molecule has 0 bridgehead atoms. The minimum absolute atomic E-state index is 0.0379. The van der Waals surface area contributed by atoms with Gasteiger partial charge in [-0.1, -0.05) is 29.3 Å². The molecule has 2 aliphatic rings. The first-order valence-corrected chi connectivity index (χ1v) is 9.46. The molecule has 3 amide bonds. The third-order valence-corrected chi connectivity index (χ3v) is 5.09. The van der Waals surface area contributed by atoms with E-state index < -0.39 is 17.1 Å². The first-order chi connectivity index (χ1) is 13.0. The normalized spacial score (nSPS) is 18.2. The first kappa shape index (κ1) is 19.6. The Balaban J connectivity index is 1.60. The molecule has 0 spiro atoms. The van der Waals surface area contributed by atoms with Crippen LogP contribution in [0.4, 0.5) is 4.79 Å². The molecule has 7 nitrogen and oxygen atoms in total. The van der Waals surface area contributed by atoms with E-state index in [1.807, 2.05) is 0 Å². The van der Waals surface area contributed by atoms with E-state index in [-0.39, 0.29) is 23.8 Å². The summed E-state index contributed by atoms with van der Waals surface area (Å²) in [5.41, 5.74) is 0.584. The number of carbonyl (C=O) groups is 3. The first-order valence-electron chi connectivity index (χ1n) is 7.89. The largest absolute Gasteiger partial charge is 0.494 e. The van der Waals surface area contributed by atoms with Crippen LogP contribution >= 0.6 is 35.0 Å². The predicted molar refractivity (Wildman–Crippen MR) is 102 cm³/mol. The summed E-state index contributed by atoms with van der Waals surface area (Å²) in [6.07, 6.45) is 2.78. The third kappa shape index (κ3) is 4.77. The highest BCUT2D eigenvalue weighted by Gasteiger charge is 2.34.